The Kier molecular flexibility index (Phi) is 4.42. The first-order valence-corrected chi connectivity index (χ1v) is 6.90. The Labute approximate surface area is 114 Å². The monoisotopic (exact) mass is 266 g/mol. The highest BCUT2D eigenvalue weighted by atomic mass is 19.1. The number of ether oxygens (including phenoxy) is 1. The molecule has 1 heterocycles. The van der Waals surface area contributed by atoms with Crippen LogP contribution in [0.25, 0.3) is 0 Å². The van der Waals surface area contributed by atoms with E-state index >= 15 is 0 Å². The molecular weight excluding hydrogens is 243 g/mol. The third-order valence-corrected chi connectivity index (χ3v) is 3.33. The van der Waals surface area contributed by atoms with Gasteiger partial charge in [0.25, 0.3) is 0 Å². The van der Waals surface area contributed by atoms with Crippen LogP contribution in [-0.4, -0.2) is 31.3 Å². The average Bonchev–Trinajstić information content (AvgIpc) is 2.26. The molecule has 4 heteroatoms. The van der Waals surface area contributed by atoms with E-state index in [4.69, 9.17) is 10.5 Å². The minimum atomic E-state index is -0.167. The molecule has 106 valence electrons. The molecule has 1 fully saturated rings. The number of hydrogen-bond acceptors (Lipinski definition) is 3. The van der Waals surface area contributed by atoms with Gasteiger partial charge in [0.2, 0.25) is 0 Å². The van der Waals surface area contributed by atoms with Crippen molar-refractivity contribution in [3.05, 3.63) is 29.6 Å². The highest BCUT2D eigenvalue weighted by Crippen LogP contribution is 2.24. The Bertz CT molecular complexity index is 426. The zero-order valence-electron chi connectivity index (χ0n) is 11.9. The third-order valence-electron chi connectivity index (χ3n) is 3.33. The van der Waals surface area contributed by atoms with Crippen LogP contribution in [0, 0.1) is 5.82 Å². The van der Waals surface area contributed by atoms with E-state index < -0.39 is 0 Å². The van der Waals surface area contributed by atoms with E-state index in [1.54, 1.807) is 6.07 Å². The van der Waals surface area contributed by atoms with E-state index in [-0.39, 0.29) is 24.1 Å². The number of anilines is 1. The van der Waals surface area contributed by atoms with Gasteiger partial charge in [0.1, 0.15) is 5.82 Å². The summed E-state index contributed by atoms with van der Waals surface area (Å²) in [5, 5.41) is 0. The zero-order chi connectivity index (χ0) is 14.0. The molecule has 3 nitrogen and oxygen atoms in total. The van der Waals surface area contributed by atoms with Crippen molar-refractivity contribution in [2.75, 3.05) is 18.0 Å². The lowest BCUT2D eigenvalue weighted by molar-refractivity contribution is -0.00539. The maximum absolute atomic E-state index is 14.2. The maximum atomic E-state index is 14.2. The Morgan fingerprint density at radius 3 is 2.53 bits per heavy atom. The largest absolute Gasteiger partial charge is 0.372 e. The lowest BCUT2D eigenvalue weighted by Crippen LogP contribution is -2.45. The predicted octanol–water partition coefficient (Wildman–Crippen LogP) is 2.33. The first kappa shape index (κ1) is 14.3. The Balaban J connectivity index is 2.16. The summed E-state index contributed by atoms with van der Waals surface area (Å²) in [7, 11) is 0. The minimum Gasteiger partial charge on any atom is -0.372 e. The molecule has 0 aromatic heterocycles. The van der Waals surface area contributed by atoms with Gasteiger partial charge >= 0.3 is 0 Å². The van der Waals surface area contributed by atoms with E-state index in [0.717, 1.165) is 18.7 Å². The molecule has 0 amide bonds. The van der Waals surface area contributed by atoms with Gasteiger partial charge in [-0.1, -0.05) is 6.07 Å². The molecule has 1 saturated heterocycles. The summed E-state index contributed by atoms with van der Waals surface area (Å²) in [5.74, 6) is -0.167. The van der Waals surface area contributed by atoms with Crippen molar-refractivity contribution in [2.45, 2.75) is 45.4 Å². The molecule has 0 aliphatic carbocycles. The van der Waals surface area contributed by atoms with Crippen molar-refractivity contribution in [3.8, 4) is 0 Å². The van der Waals surface area contributed by atoms with Gasteiger partial charge in [-0.05, 0) is 44.9 Å². The molecule has 1 aromatic carbocycles. The van der Waals surface area contributed by atoms with Crippen molar-refractivity contribution in [2.24, 2.45) is 5.73 Å². The molecule has 0 bridgehead atoms. The van der Waals surface area contributed by atoms with Crippen molar-refractivity contribution < 1.29 is 9.13 Å². The van der Waals surface area contributed by atoms with Crippen LogP contribution in [0.4, 0.5) is 10.1 Å². The van der Waals surface area contributed by atoms with Gasteiger partial charge < -0.3 is 15.4 Å². The SMILES string of the molecule is CC(N)Cc1ccc(N2C[C@@H](C)O[C@@H](C)C2)c(F)c1. The first-order valence-electron chi connectivity index (χ1n) is 6.90. The van der Waals surface area contributed by atoms with Crippen molar-refractivity contribution >= 4 is 5.69 Å². The highest BCUT2D eigenvalue weighted by Gasteiger charge is 2.24. The van der Waals surface area contributed by atoms with E-state index in [9.17, 15) is 4.39 Å². The van der Waals surface area contributed by atoms with Gasteiger partial charge in [-0.3, -0.25) is 0 Å². The molecular formula is C15H23FN2O. The average molecular weight is 266 g/mol. The number of hydrogen-bond donors (Lipinski definition) is 1. The summed E-state index contributed by atoms with van der Waals surface area (Å²) < 4.78 is 19.9. The number of benzene rings is 1. The molecule has 1 aliphatic rings. The van der Waals surface area contributed by atoms with E-state index in [1.807, 2.05) is 32.9 Å². The molecule has 3 atom stereocenters. The molecule has 1 aromatic rings. The van der Waals surface area contributed by atoms with Crippen LogP contribution in [0.15, 0.2) is 18.2 Å². The fraction of sp³-hybridized carbons (Fsp3) is 0.600. The molecule has 2 rings (SSSR count). The second-order valence-electron chi connectivity index (χ2n) is 5.63. The van der Waals surface area contributed by atoms with Crippen molar-refractivity contribution in [1.29, 1.82) is 0 Å². The smallest absolute Gasteiger partial charge is 0.146 e. The maximum Gasteiger partial charge on any atom is 0.146 e. The lowest BCUT2D eigenvalue weighted by Gasteiger charge is -2.37. The molecule has 1 unspecified atom stereocenters. The summed E-state index contributed by atoms with van der Waals surface area (Å²) in [6, 6.07) is 5.47. The molecule has 19 heavy (non-hydrogen) atoms. The number of nitrogens with two attached hydrogens (primary N) is 1. The fourth-order valence-electron chi connectivity index (χ4n) is 2.68. The lowest BCUT2D eigenvalue weighted by atomic mass is 10.1. The Hall–Kier alpha value is -1.13. The zero-order valence-corrected chi connectivity index (χ0v) is 11.9. The van der Waals surface area contributed by atoms with Crippen LogP contribution in [0.1, 0.15) is 26.3 Å². The third kappa shape index (κ3) is 3.67. The van der Waals surface area contributed by atoms with Gasteiger partial charge in [0.05, 0.1) is 17.9 Å². The van der Waals surface area contributed by atoms with E-state index in [1.165, 1.54) is 0 Å². The van der Waals surface area contributed by atoms with Gasteiger partial charge in [0, 0.05) is 19.1 Å². The van der Waals surface area contributed by atoms with Gasteiger partial charge in [-0.25, -0.2) is 4.39 Å². The van der Waals surface area contributed by atoms with Gasteiger partial charge in [-0.2, -0.15) is 0 Å². The summed E-state index contributed by atoms with van der Waals surface area (Å²) in [6.45, 7) is 7.43. The van der Waals surface area contributed by atoms with Crippen molar-refractivity contribution in [1.82, 2.24) is 0 Å². The molecule has 0 saturated carbocycles. The Morgan fingerprint density at radius 1 is 1.37 bits per heavy atom. The summed E-state index contributed by atoms with van der Waals surface area (Å²) in [4.78, 5) is 2.06. The number of morpholine rings is 1. The highest BCUT2D eigenvalue weighted by molar-refractivity contribution is 5.50. The van der Waals surface area contributed by atoms with Crippen LogP contribution in [0.5, 0.6) is 0 Å². The normalized spacial score (nSPS) is 25.4. The summed E-state index contributed by atoms with van der Waals surface area (Å²) in [6.07, 6.45) is 0.964. The molecule has 2 N–H and O–H groups in total. The number of nitrogens with zero attached hydrogens (tertiary/aromatic N) is 1. The summed E-state index contributed by atoms with van der Waals surface area (Å²) >= 11 is 0. The second-order valence-corrected chi connectivity index (χ2v) is 5.63. The van der Waals surface area contributed by atoms with E-state index in [2.05, 4.69) is 4.90 Å². The second kappa shape index (κ2) is 5.88. The van der Waals surface area contributed by atoms with Crippen LogP contribution in [-0.2, 0) is 11.2 Å². The molecule has 0 spiro atoms. The summed E-state index contributed by atoms with van der Waals surface area (Å²) in [5.41, 5.74) is 7.35. The number of halogens is 1. The topological polar surface area (TPSA) is 38.5 Å². The van der Waals surface area contributed by atoms with Crippen LogP contribution >= 0.6 is 0 Å². The fourth-order valence-corrected chi connectivity index (χ4v) is 2.68. The van der Waals surface area contributed by atoms with E-state index in [0.29, 0.717) is 12.1 Å². The molecule has 0 radical (unpaired) electrons. The van der Waals surface area contributed by atoms with Gasteiger partial charge in [0.15, 0.2) is 0 Å². The quantitative estimate of drug-likeness (QED) is 0.912. The van der Waals surface area contributed by atoms with Crippen molar-refractivity contribution in [3.63, 3.8) is 0 Å². The minimum absolute atomic E-state index is 0.0497. The number of rotatable bonds is 3. The van der Waals surface area contributed by atoms with Crippen LogP contribution < -0.4 is 10.6 Å². The Morgan fingerprint density at radius 2 is 2.00 bits per heavy atom. The van der Waals surface area contributed by atoms with Crippen LogP contribution in [0.2, 0.25) is 0 Å². The first-order chi connectivity index (χ1) is 8.95. The molecule has 1 aliphatic heterocycles. The van der Waals surface area contributed by atoms with Crippen LogP contribution in [0.3, 0.4) is 0 Å². The van der Waals surface area contributed by atoms with Gasteiger partial charge in [-0.15, -0.1) is 0 Å². The standard InChI is InChI=1S/C15H23FN2O/c1-10(17)6-13-4-5-15(14(16)7-13)18-8-11(2)19-12(3)9-18/h4-5,7,10-12H,6,8-9,17H2,1-3H3/t10?,11-,12+. The predicted molar refractivity (Wildman–Crippen MR) is 76.0 cm³/mol.